The number of hydrogen-bond donors (Lipinski definition) is 0. The van der Waals surface area contributed by atoms with Crippen molar-refractivity contribution >= 4 is 0 Å². The lowest BCUT2D eigenvalue weighted by Gasteiger charge is -2.15. The Kier molecular flexibility index (Phi) is 13.4. The van der Waals surface area contributed by atoms with Gasteiger partial charge in [0.2, 0.25) is 0 Å². The highest BCUT2D eigenvalue weighted by molar-refractivity contribution is 5.34. The lowest BCUT2D eigenvalue weighted by Crippen LogP contribution is -2.07. The number of halogens is 5. The largest absolute Gasteiger partial charge is 0.416 e. The van der Waals surface area contributed by atoms with E-state index < -0.39 is 23.5 Å². The minimum absolute atomic E-state index is 0.210. The van der Waals surface area contributed by atoms with Crippen LogP contribution in [0.3, 0.4) is 0 Å². The van der Waals surface area contributed by atoms with Crippen molar-refractivity contribution in [3.8, 4) is 12.8 Å². The number of terminal acetylenes is 1. The highest BCUT2D eigenvalue weighted by Gasteiger charge is 2.31. The monoisotopic (exact) mass is 384 g/mol. The van der Waals surface area contributed by atoms with Gasteiger partial charge in [-0.3, -0.25) is 0 Å². The summed E-state index contributed by atoms with van der Waals surface area (Å²) in [5.41, 5.74) is -0.161. The first-order valence-electron chi connectivity index (χ1n) is 8.04. The third kappa shape index (κ3) is 10.9. The number of alkyl halides is 3. The summed E-state index contributed by atoms with van der Waals surface area (Å²) in [6, 6.07) is 2.45. The highest BCUT2D eigenvalue weighted by atomic mass is 19.4. The van der Waals surface area contributed by atoms with Gasteiger partial charge in [0.1, 0.15) is 5.82 Å². The second-order valence-electron chi connectivity index (χ2n) is 5.34. The minimum atomic E-state index is -4.59. The maximum absolute atomic E-state index is 13.4. The first-order chi connectivity index (χ1) is 12.6. The fraction of sp³-hybridized carbons (Fsp3) is 0.273. The van der Waals surface area contributed by atoms with Gasteiger partial charge in [0.15, 0.2) is 0 Å². The zero-order valence-electron chi connectivity index (χ0n) is 15.8. The Bertz CT molecular complexity index is 670. The van der Waals surface area contributed by atoms with Crippen molar-refractivity contribution < 1.29 is 22.0 Å². The van der Waals surface area contributed by atoms with E-state index >= 15 is 0 Å². The maximum Gasteiger partial charge on any atom is 0.416 e. The summed E-state index contributed by atoms with van der Waals surface area (Å²) in [7, 11) is 0. The van der Waals surface area contributed by atoms with Gasteiger partial charge in [0, 0.05) is 5.92 Å². The van der Waals surface area contributed by atoms with E-state index in [1.807, 2.05) is 0 Å². The zero-order valence-corrected chi connectivity index (χ0v) is 15.8. The molecular formula is C22H25F5. The molecule has 1 rings (SSSR count). The molecule has 0 fully saturated rings. The molecule has 0 aliphatic heterocycles. The minimum Gasteiger partial charge on any atom is -0.212 e. The van der Waals surface area contributed by atoms with E-state index in [2.05, 4.69) is 26.0 Å². The van der Waals surface area contributed by atoms with E-state index in [9.17, 15) is 22.0 Å². The Morgan fingerprint density at radius 3 is 2.04 bits per heavy atom. The predicted octanol–water partition coefficient (Wildman–Crippen LogP) is 7.77. The molecule has 5 heteroatoms. The molecule has 0 aromatic heterocycles. The molecule has 0 nitrogen and oxygen atoms in total. The normalized spacial score (nSPS) is 12.7. The topological polar surface area (TPSA) is 0 Å². The molecule has 0 saturated carbocycles. The fourth-order valence-electron chi connectivity index (χ4n) is 1.77. The van der Waals surface area contributed by atoms with E-state index in [0.29, 0.717) is 11.6 Å². The van der Waals surface area contributed by atoms with Crippen LogP contribution in [0.4, 0.5) is 22.0 Å². The van der Waals surface area contributed by atoms with Gasteiger partial charge in [0.25, 0.3) is 0 Å². The SMILES string of the molecule is C#C.C=CC=C.CC/C(F)=C\C=C(/C)[C@@H](C)c1cc(F)cc(C(F)(F)F)c1. The third-order valence-corrected chi connectivity index (χ3v) is 3.46. The van der Waals surface area contributed by atoms with Crippen LogP contribution in [0.2, 0.25) is 0 Å². The average Bonchev–Trinajstić information content (AvgIpc) is 2.65. The van der Waals surface area contributed by atoms with Crippen LogP contribution < -0.4 is 0 Å². The van der Waals surface area contributed by atoms with Gasteiger partial charge in [-0.05, 0) is 43.2 Å². The van der Waals surface area contributed by atoms with E-state index in [-0.39, 0.29) is 17.8 Å². The van der Waals surface area contributed by atoms with E-state index in [0.717, 1.165) is 12.1 Å². The van der Waals surface area contributed by atoms with Crippen LogP contribution in [0.25, 0.3) is 0 Å². The quantitative estimate of drug-likeness (QED) is 0.276. The van der Waals surface area contributed by atoms with Crippen LogP contribution >= 0.6 is 0 Å². The lowest BCUT2D eigenvalue weighted by atomic mass is 9.92. The van der Waals surface area contributed by atoms with Gasteiger partial charge in [-0.2, -0.15) is 13.2 Å². The Morgan fingerprint density at radius 1 is 1.11 bits per heavy atom. The Labute approximate surface area is 158 Å². The van der Waals surface area contributed by atoms with Crippen LogP contribution in [0, 0.1) is 18.7 Å². The smallest absolute Gasteiger partial charge is 0.212 e. The Morgan fingerprint density at radius 2 is 1.63 bits per heavy atom. The average molecular weight is 384 g/mol. The molecule has 0 amide bonds. The molecule has 0 aliphatic rings. The predicted molar refractivity (Wildman–Crippen MR) is 103 cm³/mol. The van der Waals surface area contributed by atoms with Crippen molar-refractivity contribution in [3.63, 3.8) is 0 Å². The second kappa shape index (κ2) is 13.6. The number of benzene rings is 1. The molecule has 1 aromatic carbocycles. The van der Waals surface area contributed by atoms with Gasteiger partial charge in [-0.1, -0.05) is 50.8 Å². The number of rotatable bonds is 5. The molecule has 1 aromatic rings. The molecule has 1 atom stereocenters. The van der Waals surface area contributed by atoms with Crippen molar-refractivity contribution in [1.29, 1.82) is 0 Å². The standard InChI is InChI=1S/C16H17F5.C4H6.C2H2/c1-4-14(17)6-5-10(2)11(3)12-7-13(16(19,20)21)9-15(18)8-12;1-3-4-2;1-2/h5-9,11H,4H2,1-3H3;3-4H,1-2H2;1-2H/b10-5+,14-6+;;/t11-;;/m1../s1. The molecule has 148 valence electrons. The number of allylic oxidation sites excluding steroid dienone is 6. The van der Waals surface area contributed by atoms with Gasteiger partial charge in [-0.25, -0.2) is 8.78 Å². The Balaban J connectivity index is 0. The lowest BCUT2D eigenvalue weighted by molar-refractivity contribution is -0.137. The molecular weight excluding hydrogens is 359 g/mol. The van der Waals surface area contributed by atoms with E-state index in [4.69, 9.17) is 0 Å². The van der Waals surface area contributed by atoms with Crippen LogP contribution in [0.5, 0.6) is 0 Å². The van der Waals surface area contributed by atoms with E-state index in [1.54, 1.807) is 32.9 Å². The summed E-state index contributed by atoms with van der Waals surface area (Å²) in [5.74, 6) is -1.70. The van der Waals surface area contributed by atoms with Crippen molar-refractivity contribution in [1.82, 2.24) is 0 Å². The van der Waals surface area contributed by atoms with Crippen LogP contribution in [-0.4, -0.2) is 0 Å². The Hall–Kier alpha value is -2.61. The first-order valence-corrected chi connectivity index (χ1v) is 8.04. The first kappa shape index (κ1) is 26.6. The third-order valence-electron chi connectivity index (χ3n) is 3.46. The summed E-state index contributed by atoms with van der Waals surface area (Å²) in [4.78, 5) is 0. The van der Waals surface area contributed by atoms with Crippen LogP contribution in [0.1, 0.15) is 44.2 Å². The summed E-state index contributed by atoms with van der Waals surface area (Å²) < 4.78 is 64.4. The summed E-state index contributed by atoms with van der Waals surface area (Å²) in [6.45, 7) is 11.7. The van der Waals surface area contributed by atoms with Crippen molar-refractivity contribution in [2.24, 2.45) is 0 Å². The fourth-order valence-corrected chi connectivity index (χ4v) is 1.77. The van der Waals surface area contributed by atoms with Crippen molar-refractivity contribution in [2.45, 2.75) is 39.3 Å². The van der Waals surface area contributed by atoms with Crippen LogP contribution in [0.15, 0.2) is 67.1 Å². The molecule has 0 aliphatic carbocycles. The highest BCUT2D eigenvalue weighted by Crippen LogP contribution is 2.33. The zero-order chi connectivity index (χ0) is 21.6. The molecule has 0 saturated heterocycles. The second-order valence-corrected chi connectivity index (χ2v) is 5.34. The van der Waals surface area contributed by atoms with Crippen LogP contribution in [-0.2, 0) is 6.18 Å². The molecule has 0 spiro atoms. The van der Waals surface area contributed by atoms with Gasteiger partial charge in [0.05, 0.1) is 11.4 Å². The van der Waals surface area contributed by atoms with Crippen molar-refractivity contribution in [2.75, 3.05) is 0 Å². The molecule has 0 heterocycles. The van der Waals surface area contributed by atoms with Crippen molar-refractivity contribution in [3.05, 3.63) is 84.0 Å². The molecule has 0 N–H and O–H groups in total. The van der Waals surface area contributed by atoms with Gasteiger partial charge >= 0.3 is 6.18 Å². The summed E-state index contributed by atoms with van der Waals surface area (Å²) in [6.07, 6.45) is 9.70. The van der Waals surface area contributed by atoms with E-state index in [1.165, 1.54) is 12.2 Å². The molecule has 0 bridgehead atoms. The van der Waals surface area contributed by atoms with Gasteiger partial charge in [-0.15, -0.1) is 12.8 Å². The molecule has 0 unspecified atom stereocenters. The summed E-state index contributed by atoms with van der Waals surface area (Å²) in [5, 5.41) is 0. The number of hydrogen-bond acceptors (Lipinski definition) is 0. The molecule has 0 radical (unpaired) electrons. The van der Waals surface area contributed by atoms with Gasteiger partial charge < -0.3 is 0 Å². The maximum atomic E-state index is 13.4. The molecule has 27 heavy (non-hydrogen) atoms. The summed E-state index contributed by atoms with van der Waals surface area (Å²) >= 11 is 0.